The van der Waals surface area contributed by atoms with Gasteiger partial charge in [-0.25, -0.2) is 15.4 Å². The zero-order valence-electron chi connectivity index (χ0n) is 9.19. The van der Waals surface area contributed by atoms with Gasteiger partial charge in [-0.05, 0) is 17.7 Å². The Morgan fingerprint density at radius 3 is 3.06 bits per heavy atom. The lowest BCUT2D eigenvalue weighted by Crippen LogP contribution is -2.40. The van der Waals surface area contributed by atoms with Gasteiger partial charge in [0.1, 0.15) is 0 Å². The number of urea groups is 1. The number of hydrogen-bond donors (Lipinski definition) is 3. The Morgan fingerprint density at radius 1 is 1.59 bits per heavy atom. The molecule has 0 bridgehead atoms. The second-order valence-electron chi connectivity index (χ2n) is 3.65. The lowest BCUT2D eigenvalue weighted by molar-refractivity contribution is 0.207. The first-order chi connectivity index (χ1) is 8.10. The maximum Gasteiger partial charge on any atom is 0.417 e. The van der Waals surface area contributed by atoms with Gasteiger partial charge >= 0.3 is 11.8 Å². The first-order valence-corrected chi connectivity index (χ1v) is 4.93. The molecule has 7 heteroatoms. The number of aromatic amines is 1. The van der Waals surface area contributed by atoms with Crippen molar-refractivity contribution in [2.24, 2.45) is 5.84 Å². The van der Waals surface area contributed by atoms with Gasteiger partial charge < -0.3 is 9.32 Å². The Bertz CT molecular complexity index is 601. The van der Waals surface area contributed by atoms with Crippen LogP contribution in [0.15, 0.2) is 27.4 Å². The normalized spacial score (nSPS) is 10.5. The summed E-state index contributed by atoms with van der Waals surface area (Å²) in [5.41, 5.74) is 3.97. The number of carbonyl (C=O) groups is 1. The molecule has 4 N–H and O–H groups in total. The van der Waals surface area contributed by atoms with Crippen LogP contribution in [0.3, 0.4) is 0 Å². The molecule has 1 aromatic carbocycles. The number of nitrogens with zero attached hydrogens (tertiary/aromatic N) is 1. The van der Waals surface area contributed by atoms with Gasteiger partial charge in [0.05, 0.1) is 5.52 Å². The molecule has 0 saturated heterocycles. The van der Waals surface area contributed by atoms with E-state index in [0.29, 0.717) is 17.6 Å². The molecule has 0 aliphatic carbocycles. The summed E-state index contributed by atoms with van der Waals surface area (Å²) in [6.45, 7) is 0.369. The van der Waals surface area contributed by atoms with Crippen molar-refractivity contribution in [2.45, 2.75) is 6.54 Å². The fourth-order valence-corrected chi connectivity index (χ4v) is 1.54. The molecular formula is C10H12N4O3. The molecule has 0 spiro atoms. The van der Waals surface area contributed by atoms with Crippen molar-refractivity contribution >= 4 is 17.1 Å². The van der Waals surface area contributed by atoms with E-state index < -0.39 is 5.76 Å². The zero-order valence-corrected chi connectivity index (χ0v) is 9.19. The lowest BCUT2D eigenvalue weighted by Gasteiger charge is -2.15. The molecule has 90 valence electrons. The summed E-state index contributed by atoms with van der Waals surface area (Å²) < 4.78 is 4.92. The third-order valence-corrected chi connectivity index (χ3v) is 2.38. The summed E-state index contributed by atoms with van der Waals surface area (Å²) in [5, 5.41) is 0. The fraction of sp³-hybridized carbons (Fsp3) is 0.200. The maximum atomic E-state index is 11.2. The molecule has 17 heavy (non-hydrogen) atoms. The summed E-state index contributed by atoms with van der Waals surface area (Å²) in [6, 6.07) is 4.84. The number of nitrogens with two attached hydrogens (primary N) is 1. The highest BCUT2D eigenvalue weighted by Crippen LogP contribution is 2.13. The number of hydrazine groups is 1. The van der Waals surface area contributed by atoms with E-state index in [1.165, 1.54) is 4.90 Å². The third kappa shape index (κ3) is 2.28. The highest BCUT2D eigenvalue weighted by Gasteiger charge is 2.08. The van der Waals surface area contributed by atoms with E-state index in [-0.39, 0.29) is 6.03 Å². The quantitative estimate of drug-likeness (QED) is 0.391. The number of rotatable bonds is 2. The number of hydrogen-bond acceptors (Lipinski definition) is 4. The summed E-state index contributed by atoms with van der Waals surface area (Å²) in [4.78, 5) is 26.1. The van der Waals surface area contributed by atoms with E-state index in [1.807, 2.05) is 5.43 Å². The lowest BCUT2D eigenvalue weighted by atomic mass is 10.2. The van der Waals surface area contributed by atoms with Crippen LogP contribution in [0, 0.1) is 0 Å². The third-order valence-electron chi connectivity index (χ3n) is 2.38. The van der Waals surface area contributed by atoms with Crippen LogP contribution in [-0.2, 0) is 6.54 Å². The molecule has 1 aromatic heterocycles. The van der Waals surface area contributed by atoms with Gasteiger partial charge in [0.2, 0.25) is 0 Å². The Balaban J connectivity index is 2.24. The van der Waals surface area contributed by atoms with Gasteiger partial charge in [0, 0.05) is 13.6 Å². The largest absolute Gasteiger partial charge is 0.417 e. The number of aromatic nitrogens is 1. The second-order valence-corrected chi connectivity index (χ2v) is 3.65. The van der Waals surface area contributed by atoms with E-state index in [2.05, 4.69) is 4.98 Å². The monoisotopic (exact) mass is 236 g/mol. The Hall–Kier alpha value is -2.28. The van der Waals surface area contributed by atoms with Gasteiger partial charge in [0.15, 0.2) is 5.58 Å². The highest BCUT2D eigenvalue weighted by atomic mass is 16.4. The minimum absolute atomic E-state index is 0.369. The van der Waals surface area contributed by atoms with E-state index in [9.17, 15) is 9.59 Å². The standard InChI is InChI=1S/C10H12N4O3/c1-14(9(15)13-11)5-6-2-3-7-8(4-6)17-10(16)12-7/h2-4H,5,11H2,1H3,(H,12,16)(H,13,15). The van der Waals surface area contributed by atoms with Crippen LogP contribution in [0.2, 0.25) is 0 Å². The van der Waals surface area contributed by atoms with E-state index in [4.69, 9.17) is 10.3 Å². The molecule has 1 heterocycles. The van der Waals surface area contributed by atoms with Gasteiger partial charge in [-0.15, -0.1) is 0 Å². The van der Waals surface area contributed by atoms with Crippen LogP contribution >= 0.6 is 0 Å². The maximum absolute atomic E-state index is 11.2. The topological polar surface area (TPSA) is 104 Å². The molecule has 0 aliphatic rings. The van der Waals surface area contributed by atoms with Crippen LogP contribution in [0.25, 0.3) is 11.1 Å². The smallest absolute Gasteiger partial charge is 0.408 e. The molecule has 0 fully saturated rings. The van der Waals surface area contributed by atoms with Crippen molar-refractivity contribution in [1.29, 1.82) is 0 Å². The number of benzene rings is 1. The van der Waals surface area contributed by atoms with Crippen molar-refractivity contribution in [2.75, 3.05) is 7.05 Å². The van der Waals surface area contributed by atoms with Crippen molar-refractivity contribution < 1.29 is 9.21 Å². The highest BCUT2D eigenvalue weighted by molar-refractivity contribution is 5.74. The second kappa shape index (κ2) is 4.30. The number of amides is 2. The van der Waals surface area contributed by atoms with Crippen molar-refractivity contribution in [3.8, 4) is 0 Å². The van der Waals surface area contributed by atoms with Crippen LogP contribution < -0.4 is 17.0 Å². The van der Waals surface area contributed by atoms with Gasteiger partial charge in [-0.2, -0.15) is 0 Å². The van der Waals surface area contributed by atoms with Gasteiger partial charge in [-0.3, -0.25) is 10.4 Å². The number of oxazole rings is 1. The summed E-state index contributed by atoms with van der Waals surface area (Å²) in [7, 11) is 1.61. The molecule has 2 amide bonds. The molecule has 0 atom stereocenters. The summed E-state index contributed by atoms with van der Waals surface area (Å²) >= 11 is 0. The van der Waals surface area contributed by atoms with E-state index in [0.717, 1.165) is 5.56 Å². The minimum Gasteiger partial charge on any atom is -0.408 e. The van der Waals surface area contributed by atoms with Crippen LogP contribution in [0.5, 0.6) is 0 Å². The number of carbonyl (C=O) groups excluding carboxylic acids is 1. The Labute approximate surface area is 96.2 Å². The molecule has 0 unspecified atom stereocenters. The van der Waals surface area contributed by atoms with Crippen molar-refractivity contribution in [3.05, 3.63) is 34.3 Å². The first kappa shape index (κ1) is 11.2. The van der Waals surface area contributed by atoms with Gasteiger partial charge in [-0.1, -0.05) is 6.07 Å². The zero-order chi connectivity index (χ0) is 12.4. The number of nitrogens with one attached hydrogen (secondary N) is 2. The Kier molecular flexibility index (Phi) is 2.84. The minimum atomic E-state index is -0.495. The molecule has 0 saturated carbocycles. The summed E-state index contributed by atoms with van der Waals surface area (Å²) in [6.07, 6.45) is 0. The predicted octanol–water partition coefficient (Wildman–Crippen LogP) is 0.136. The molecular weight excluding hydrogens is 224 g/mol. The van der Waals surface area contributed by atoms with E-state index in [1.54, 1.807) is 25.2 Å². The molecule has 0 radical (unpaired) electrons. The van der Waals surface area contributed by atoms with E-state index >= 15 is 0 Å². The first-order valence-electron chi connectivity index (χ1n) is 4.93. The molecule has 2 aromatic rings. The van der Waals surface area contributed by atoms with Crippen molar-refractivity contribution in [3.63, 3.8) is 0 Å². The molecule has 0 aliphatic heterocycles. The molecule has 2 rings (SSSR count). The SMILES string of the molecule is CN(Cc1ccc2[nH]c(=O)oc2c1)C(=O)NN. The van der Waals surface area contributed by atoms with Crippen LogP contribution in [-0.4, -0.2) is 23.0 Å². The predicted molar refractivity (Wildman–Crippen MR) is 61.0 cm³/mol. The summed E-state index contributed by atoms with van der Waals surface area (Å²) in [5.74, 6) is 4.52. The average molecular weight is 236 g/mol. The van der Waals surface area contributed by atoms with Crippen molar-refractivity contribution in [1.82, 2.24) is 15.3 Å². The Morgan fingerprint density at radius 2 is 2.35 bits per heavy atom. The van der Waals surface area contributed by atoms with Crippen LogP contribution in [0.1, 0.15) is 5.56 Å². The van der Waals surface area contributed by atoms with Gasteiger partial charge in [0.25, 0.3) is 0 Å². The number of H-pyrrole nitrogens is 1. The molecule has 7 nitrogen and oxygen atoms in total. The number of fused-ring (bicyclic) bond motifs is 1. The van der Waals surface area contributed by atoms with Crippen LogP contribution in [0.4, 0.5) is 4.79 Å². The fourth-order valence-electron chi connectivity index (χ4n) is 1.54. The average Bonchev–Trinajstić information content (AvgIpc) is 2.67.